The Kier molecular flexibility index (Phi) is 5.14. The fourth-order valence-corrected chi connectivity index (χ4v) is 3.53. The summed E-state index contributed by atoms with van der Waals surface area (Å²) in [4.78, 5) is 35.4. The van der Waals surface area contributed by atoms with E-state index in [1.54, 1.807) is 6.07 Å². The van der Waals surface area contributed by atoms with E-state index >= 15 is 0 Å². The number of rotatable bonds is 4. The van der Waals surface area contributed by atoms with Crippen LogP contribution in [0.5, 0.6) is 0 Å². The number of nitro benzene ring substituents is 1. The van der Waals surface area contributed by atoms with Crippen molar-refractivity contribution in [3.8, 4) is 0 Å². The zero-order valence-electron chi connectivity index (χ0n) is 14.7. The first-order chi connectivity index (χ1) is 13.5. The predicted molar refractivity (Wildman–Crippen MR) is 93.9 cm³/mol. The summed E-state index contributed by atoms with van der Waals surface area (Å²) in [6.07, 6.45) is -5.92. The lowest BCUT2D eigenvalue weighted by Gasteiger charge is -2.44. The highest BCUT2D eigenvalue weighted by Gasteiger charge is 2.66. The van der Waals surface area contributed by atoms with Crippen molar-refractivity contribution in [1.82, 2.24) is 5.32 Å². The monoisotopic (exact) mass is 408 g/mol. The van der Waals surface area contributed by atoms with Gasteiger partial charge < -0.3 is 10.4 Å². The number of nitrogens with one attached hydrogen (secondary N) is 1. The molecule has 0 bridgehead atoms. The van der Waals surface area contributed by atoms with Crippen LogP contribution in [0.25, 0.3) is 0 Å². The largest absolute Gasteiger partial charge is 0.437 e. The van der Waals surface area contributed by atoms with Crippen molar-refractivity contribution < 1.29 is 32.8 Å². The van der Waals surface area contributed by atoms with Gasteiger partial charge in [0.15, 0.2) is 5.78 Å². The second-order valence-corrected chi connectivity index (χ2v) is 6.68. The van der Waals surface area contributed by atoms with E-state index in [1.165, 1.54) is 41.7 Å². The van der Waals surface area contributed by atoms with Crippen LogP contribution in [0.4, 0.5) is 18.9 Å². The van der Waals surface area contributed by atoms with Gasteiger partial charge in [-0.1, -0.05) is 42.5 Å². The second kappa shape index (κ2) is 7.28. The maximum absolute atomic E-state index is 13.8. The van der Waals surface area contributed by atoms with E-state index in [2.05, 4.69) is 0 Å². The highest BCUT2D eigenvalue weighted by Crippen LogP contribution is 2.47. The average Bonchev–Trinajstić information content (AvgIpc) is 2.67. The summed E-state index contributed by atoms with van der Waals surface area (Å²) in [6.45, 7) is 0. The van der Waals surface area contributed by atoms with Crippen molar-refractivity contribution in [1.29, 1.82) is 0 Å². The summed E-state index contributed by atoms with van der Waals surface area (Å²) >= 11 is 0. The van der Waals surface area contributed by atoms with Crippen LogP contribution < -0.4 is 5.32 Å². The molecule has 1 aliphatic rings. The number of alkyl halides is 3. The minimum Gasteiger partial charge on any atom is -0.363 e. The molecule has 2 aromatic rings. The summed E-state index contributed by atoms with van der Waals surface area (Å²) in [6, 6.07) is 11.7. The molecule has 1 saturated heterocycles. The van der Waals surface area contributed by atoms with E-state index in [0.717, 1.165) is 12.1 Å². The van der Waals surface area contributed by atoms with Gasteiger partial charge in [-0.15, -0.1) is 0 Å². The normalized spacial score (nSPS) is 24.6. The highest BCUT2D eigenvalue weighted by molar-refractivity contribution is 6.00. The predicted octanol–water partition coefficient (Wildman–Crippen LogP) is 2.95. The SMILES string of the molecule is O=C1C[C@@H](c2cccc([N+](=O)[O-])c2)[C@@H](C(=O)c2ccccc2)[C@@](O)(C(F)(F)F)N1. The van der Waals surface area contributed by atoms with Crippen LogP contribution in [0.1, 0.15) is 28.3 Å². The molecular formula is C19H15F3N2O5. The molecule has 0 saturated carbocycles. The molecule has 7 nitrogen and oxygen atoms in total. The van der Waals surface area contributed by atoms with Crippen molar-refractivity contribution in [3.05, 3.63) is 75.8 Å². The van der Waals surface area contributed by atoms with Gasteiger partial charge in [-0.25, -0.2) is 0 Å². The second-order valence-electron chi connectivity index (χ2n) is 6.68. The molecule has 29 heavy (non-hydrogen) atoms. The number of nitro groups is 1. The summed E-state index contributed by atoms with van der Waals surface area (Å²) in [5.74, 6) is -5.73. The fraction of sp³-hybridized carbons (Fsp3) is 0.263. The number of Topliss-reactive ketones (excluding diaryl/α,β-unsaturated/α-hetero) is 1. The molecule has 0 aromatic heterocycles. The van der Waals surface area contributed by atoms with Gasteiger partial charge in [0.25, 0.3) is 5.69 Å². The van der Waals surface area contributed by atoms with Crippen molar-refractivity contribution in [2.75, 3.05) is 0 Å². The van der Waals surface area contributed by atoms with E-state index in [0.29, 0.717) is 0 Å². The average molecular weight is 408 g/mol. The van der Waals surface area contributed by atoms with Crippen molar-refractivity contribution >= 4 is 17.4 Å². The van der Waals surface area contributed by atoms with Gasteiger partial charge >= 0.3 is 6.18 Å². The maximum atomic E-state index is 13.8. The Bertz CT molecular complexity index is 964. The molecule has 1 heterocycles. The standard InChI is InChI=1S/C19H15F3N2O5/c20-19(21,22)18(27)16(17(26)11-5-2-1-3-6-11)14(10-15(25)23-18)12-7-4-8-13(9-12)24(28)29/h1-9,14,16,27H,10H2,(H,23,25)/t14-,16-,18+/m0/s1. The van der Waals surface area contributed by atoms with Gasteiger partial charge in [-0.2, -0.15) is 13.2 Å². The smallest absolute Gasteiger partial charge is 0.363 e. The lowest BCUT2D eigenvalue weighted by Crippen LogP contribution is -2.69. The quantitative estimate of drug-likeness (QED) is 0.459. The zero-order chi connectivity index (χ0) is 21.4. The number of nitrogens with zero attached hydrogens (tertiary/aromatic N) is 1. The Morgan fingerprint density at radius 2 is 1.83 bits per heavy atom. The number of aliphatic hydroxyl groups is 1. The Morgan fingerprint density at radius 3 is 2.41 bits per heavy atom. The van der Waals surface area contributed by atoms with Gasteiger partial charge in [0.05, 0.1) is 10.8 Å². The number of non-ortho nitro benzene ring substituents is 1. The Labute approximate surface area is 162 Å². The number of carbonyl (C=O) groups is 2. The van der Waals surface area contributed by atoms with Gasteiger partial charge in [0.1, 0.15) is 0 Å². The van der Waals surface area contributed by atoms with E-state index in [9.17, 15) is 38.0 Å². The van der Waals surface area contributed by atoms with Crippen molar-refractivity contribution in [2.24, 2.45) is 5.92 Å². The summed E-state index contributed by atoms with van der Waals surface area (Å²) in [5.41, 5.74) is -4.35. The highest BCUT2D eigenvalue weighted by atomic mass is 19.4. The number of halogens is 3. The van der Waals surface area contributed by atoms with Gasteiger partial charge in [0.2, 0.25) is 11.6 Å². The molecule has 10 heteroatoms. The minimum absolute atomic E-state index is 0.0222. The van der Waals surface area contributed by atoms with Crippen LogP contribution in [-0.2, 0) is 4.79 Å². The molecule has 0 radical (unpaired) electrons. The number of carbonyl (C=O) groups excluding carboxylic acids is 2. The maximum Gasteiger partial charge on any atom is 0.437 e. The van der Waals surface area contributed by atoms with Crippen LogP contribution in [0, 0.1) is 16.0 Å². The Morgan fingerprint density at radius 1 is 1.17 bits per heavy atom. The zero-order valence-corrected chi connectivity index (χ0v) is 14.7. The number of amides is 1. The first-order valence-corrected chi connectivity index (χ1v) is 8.48. The lowest BCUT2D eigenvalue weighted by atomic mass is 9.70. The van der Waals surface area contributed by atoms with Gasteiger partial charge in [-0.05, 0) is 5.56 Å². The molecule has 2 aromatic carbocycles. The van der Waals surface area contributed by atoms with Crippen LogP contribution in [0.2, 0.25) is 0 Å². The first-order valence-electron chi connectivity index (χ1n) is 8.48. The third-order valence-electron chi connectivity index (χ3n) is 4.87. The molecule has 2 N–H and O–H groups in total. The van der Waals surface area contributed by atoms with E-state index in [4.69, 9.17) is 0 Å². The molecule has 0 unspecified atom stereocenters. The number of hydrogen-bond acceptors (Lipinski definition) is 5. The van der Waals surface area contributed by atoms with Crippen LogP contribution in [0.3, 0.4) is 0 Å². The van der Waals surface area contributed by atoms with E-state index < -0.39 is 52.5 Å². The topological polar surface area (TPSA) is 110 Å². The van der Waals surface area contributed by atoms with E-state index in [-0.39, 0.29) is 11.1 Å². The molecule has 3 rings (SSSR count). The van der Waals surface area contributed by atoms with Crippen LogP contribution >= 0.6 is 0 Å². The third-order valence-corrected chi connectivity index (χ3v) is 4.87. The summed E-state index contributed by atoms with van der Waals surface area (Å²) in [5, 5.41) is 23.0. The van der Waals surface area contributed by atoms with Crippen molar-refractivity contribution in [3.63, 3.8) is 0 Å². The molecular weight excluding hydrogens is 393 g/mol. The summed E-state index contributed by atoms with van der Waals surface area (Å²) < 4.78 is 41.4. The van der Waals surface area contributed by atoms with Gasteiger partial charge in [-0.3, -0.25) is 19.7 Å². The number of ketones is 1. The number of benzene rings is 2. The van der Waals surface area contributed by atoms with Crippen molar-refractivity contribution in [2.45, 2.75) is 24.2 Å². The van der Waals surface area contributed by atoms with Gasteiger partial charge in [0, 0.05) is 30.0 Å². The molecule has 152 valence electrons. The Balaban J connectivity index is 2.18. The molecule has 0 spiro atoms. The molecule has 1 fully saturated rings. The molecule has 1 amide bonds. The van der Waals surface area contributed by atoms with E-state index in [1.807, 2.05) is 0 Å². The Hall–Kier alpha value is -3.27. The first kappa shape index (κ1) is 20.5. The van der Waals surface area contributed by atoms with Crippen LogP contribution in [-0.4, -0.2) is 33.6 Å². The fourth-order valence-electron chi connectivity index (χ4n) is 3.53. The molecule has 1 aliphatic heterocycles. The summed E-state index contributed by atoms with van der Waals surface area (Å²) in [7, 11) is 0. The lowest BCUT2D eigenvalue weighted by molar-refractivity contribution is -0.385. The molecule has 3 atom stereocenters. The molecule has 0 aliphatic carbocycles. The third kappa shape index (κ3) is 3.70. The number of hydrogen-bond donors (Lipinski definition) is 2. The minimum atomic E-state index is -5.36. The van der Waals surface area contributed by atoms with Crippen LogP contribution in [0.15, 0.2) is 54.6 Å². The number of piperidine rings is 1.